The van der Waals surface area contributed by atoms with E-state index in [0.29, 0.717) is 18.4 Å². The van der Waals surface area contributed by atoms with Gasteiger partial charge in [0.1, 0.15) is 5.82 Å². The topological polar surface area (TPSA) is 20.2 Å². The Labute approximate surface area is 123 Å². The van der Waals surface area contributed by atoms with E-state index in [1.165, 1.54) is 18.2 Å². The monoisotopic (exact) mass is 354 g/mol. The highest BCUT2D eigenvalue weighted by atomic mass is 79.9. The van der Waals surface area contributed by atoms with Crippen molar-refractivity contribution >= 4 is 15.9 Å². The third-order valence-electron chi connectivity index (χ3n) is 3.80. The normalized spacial score (nSPS) is 27.6. The van der Waals surface area contributed by atoms with Crippen molar-refractivity contribution in [2.24, 2.45) is 5.92 Å². The van der Waals surface area contributed by atoms with Gasteiger partial charge in [-0.25, -0.2) is 4.39 Å². The van der Waals surface area contributed by atoms with Crippen LogP contribution in [0.2, 0.25) is 0 Å². The van der Waals surface area contributed by atoms with Gasteiger partial charge in [-0.1, -0.05) is 6.07 Å². The largest absolute Gasteiger partial charge is 0.391 e. The molecule has 0 radical (unpaired) electrons. The summed E-state index contributed by atoms with van der Waals surface area (Å²) in [5.41, 5.74) is -0.737. The summed E-state index contributed by atoms with van der Waals surface area (Å²) in [6, 6.07) is 4.24. The number of halogens is 5. The predicted octanol–water partition coefficient (Wildman–Crippen LogP) is 4.61. The van der Waals surface area contributed by atoms with Gasteiger partial charge in [0.15, 0.2) is 0 Å². The summed E-state index contributed by atoms with van der Waals surface area (Å²) in [5, 5.41) is 10.4. The molecular weight excluding hydrogens is 340 g/mol. The summed E-state index contributed by atoms with van der Waals surface area (Å²) < 4.78 is 51.7. The standard InChI is InChI=1S/C14H15BrF4O/c15-11-6-9(3-4-12(11)16)7-13(20)5-1-2-10(8-13)14(17,18)19/h3-4,6,10,20H,1-2,5,7-8H2. The van der Waals surface area contributed by atoms with Crippen LogP contribution < -0.4 is 0 Å². The Balaban J connectivity index is 2.12. The minimum Gasteiger partial charge on any atom is -0.390 e. The molecule has 6 heteroatoms. The minimum atomic E-state index is -4.27. The first-order valence-corrected chi connectivity index (χ1v) is 7.22. The lowest BCUT2D eigenvalue weighted by atomic mass is 9.75. The predicted molar refractivity (Wildman–Crippen MR) is 70.8 cm³/mol. The number of hydrogen-bond donors (Lipinski definition) is 1. The smallest absolute Gasteiger partial charge is 0.390 e. The zero-order valence-electron chi connectivity index (χ0n) is 10.7. The van der Waals surface area contributed by atoms with Gasteiger partial charge in [0, 0.05) is 6.42 Å². The Hall–Kier alpha value is -0.620. The molecule has 1 saturated carbocycles. The third-order valence-corrected chi connectivity index (χ3v) is 4.41. The molecule has 0 heterocycles. The van der Waals surface area contributed by atoms with Crippen LogP contribution in [0.25, 0.3) is 0 Å². The Kier molecular flexibility index (Phi) is 4.44. The van der Waals surface area contributed by atoms with Crippen molar-refractivity contribution in [2.45, 2.75) is 43.9 Å². The molecule has 112 valence electrons. The van der Waals surface area contributed by atoms with Crippen LogP contribution in [-0.4, -0.2) is 16.9 Å². The van der Waals surface area contributed by atoms with Gasteiger partial charge in [0.25, 0.3) is 0 Å². The quantitative estimate of drug-likeness (QED) is 0.768. The zero-order chi connectivity index (χ0) is 15.0. The second-order valence-electron chi connectivity index (χ2n) is 5.48. The van der Waals surface area contributed by atoms with Crippen molar-refractivity contribution in [2.75, 3.05) is 0 Å². The van der Waals surface area contributed by atoms with E-state index in [4.69, 9.17) is 0 Å². The van der Waals surface area contributed by atoms with Crippen LogP contribution in [0.5, 0.6) is 0 Å². The molecule has 1 aliphatic carbocycles. The van der Waals surface area contributed by atoms with Crippen LogP contribution in [-0.2, 0) is 6.42 Å². The molecule has 0 saturated heterocycles. The summed E-state index contributed by atoms with van der Waals surface area (Å²) in [6.07, 6.45) is -3.68. The highest BCUT2D eigenvalue weighted by Crippen LogP contribution is 2.43. The van der Waals surface area contributed by atoms with E-state index in [9.17, 15) is 22.7 Å². The molecule has 2 atom stereocenters. The first-order valence-electron chi connectivity index (χ1n) is 6.43. The molecule has 1 N–H and O–H groups in total. The second-order valence-corrected chi connectivity index (χ2v) is 6.34. The van der Waals surface area contributed by atoms with E-state index in [-0.39, 0.29) is 23.7 Å². The molecule has 0 aromatic heterocycles. The van der Waals surface area contributed by atoms with E-state index in [2.05, 4.69) is 15.9 Å². The SMILES string of the molecule is OC1(Cc2ccc(F)c(Br)c2)CCCC(C(F)(F)F)C1. The number of aliphatic hydroxyl groups is 1. The molecule has 1 aliphatic rings. The summed E-state index contributed by atoms with van der Waals surface area (Å²) in [6.45, 7) is 0. The van der Waals surface area contributed by atoms with Crippen molar-refractivity contribution in [1.82, 2.24) is 0 Å². The maximum Gasteiger partial charge on any atom is 0.391 e. The van der Waals surface area contributed by atoms with Gasteiger partial charge in [0.05, 0.1) is 16.0 Å². The minimum absolute atomic E-state index is 0.0684. The summed E-state index contributed by atoms with van der Waals surface area (Å²) in [7, 11) is 0. The molecule has 1 fully saturated rings. The molecule has 2 rings (SSSR count). The van der Waals surface area contributed by atoms with Crippen LogP contribution in [0.3, 0.4) is 0 Å². The van der Waals surface area contributed by atoms with E-state index in [1.54, 1.807) is 0 Å². The zero-order valence-corrected chi connectivity index (χ0v) is 12.3. The Morgan fingerprint density at radius 1 is 1.35 bits per heavy atom. The highest BCUT2D eigenvalue weighted by molar-refractivity contribution is 9.10. The molecule has 0 bridgehead atoms. The lowest BCUT2D eigenvalue weighted by Gasteiger charge is -2.37. The molecule has 1 aromatic rings. The van der Waals surface area contributed by atoms with E-state index >= 15 is 0 Å². The van der Waals surface area contributed by atoms with E-state index in [0.717, 1.165) is 0 Å². The maximum atomic E-state index is 13.1. The molecule has 2 unspecified atom stereocenters. The van der Waals surface area contributed by atoms with Crippen LogP contribution in [0, 0.1) is 11.7 Å². The second kappa shape index (κ2) is 5.64. The van der Waals surface area contributed by atoms with Gasteiger partial charge in [-0.2, -0.15) is 13.2 Å². The molecule has 1 aromatic carbocycles. The van der Waals surface area contributed by atoms with E-state index < -0.39 is 23.5 Å². The average Bonchev–Trinajstić information content (AvgIpc) is 2.32. The highest BCUT2D eigenvalue weighted by Gasteiger charge is 2.46. The number of hydrogen-bond acceptors (Lipinski definition) is 1. The Morgan fingerprint density at radius 3 is 2.65 bits per heavy atom. The van der Waals surface area contributed by atoms with Crippen molar-refractivity contribution in [3.63, 3.8) is 0 Å². The number of alkyl halides is 3. The number of rotatable bonds is 2. The molecule has 0 aliphatic heterocycles. The summed E-state index contributed by atoms with van der Waals surface area (Å²) in [5.74, 6) is -1.89. The number of benzene rings is 1. The van der Waals surface area contributed by atoms with Crippen molar-refractivity contribution in [1.29, 1.82) is 0 Å². The maximum absolute atomic E-state index is 13.1. The van der Waals surface area contributed by atoms with Crippen LogP contribution >= 0.6 is 15.9 Å². The third kappa shape index (κ3) is 3.73. The van der Waals surface area contributed by atoms with E-state index in [1.807, 2.05) is 0 Å². The summed E-state index contributed by atoms with van der Waals surface area (Å²) >= 11 is 3.04. The van der Waals surface area contributed by atoms with Gasteiger partial charge in [-0.15, -0.1) is 0 Å². The van der Waals surface area contributed by atoms with Gasteiger partial charge in [-0.3, -0.25) is 0 Å². The van der Waals surface area contributed by atoms with Crippen molar-refractivity contribution in [3.05, 3.63) is 34.1 Å². The van der Waals surface area contributed by atoms with Crippen LogP contribution in [0.1, 0.15) is 31.2 Å². The molecule has 20 heavy (non-hydrogen) atoms. The van der Waals surface area contributed by atoms with Crippen LogP contribution in [0.15, 0.2) is 22.7 Å². The molecule has 0 spiro atoms. The Bertz CT molecular complexity index is 489. The molecule has 1 nitrogen and oxygen atoms in total. The lowest BCUT2D eigenvalue weighted by molar-refractivity contribution is -0.200. The van der Waals surface area contributed by atoms with Gasteiger partial charge < -0.3 is 5.11 Å². The fourth-order valence-electron chi connectivity index (χ4n) is 2.81. The van der Waals surface area contributed by atoms with Gasteiger partial charge in [0.2, 0.25) is 0 Å². The molecule has 0 amide bonds. The average molecular weight is 355 g/mol. The van der Waals surface area contributed by atoms with Gasteiger partial charge >= 0.3 is 6.18 Å². The lowest BCUT2D eigenvalue weighted by Crippen LogP contribution is -2.41. The van der Waals surface area contributed by atoms with Crippen LogP contribution in [0.4, 0.5) is 17.6 Å². The fourth-order valence-corrected chi connectivity index (χ4v) is 3.24. The Morgan fingerprint density at radius 2 is 2.05 bits per heavy atom. The van der Waals surface area contributed by atoms with Crippen molar-refractivity contribution in [3.8, 4) is 0 Å². The molecular formula is C14H15BrF4O. The van der Waals surface area contributed by atoms with Crippen molar-refractivity contribution < 1.29 is 22.7 Å². The summed E-state index contributed by atoms with van der Waals surface area (Å²) in [4.78, 5) is 0. The first-order chi connectivity index (χ1) is 9.20. The van der Waals surface area contributed by atoms with Gasteiger partial charge in [-0.05, 0) is 59.3 Å². The fraction of sp³-hybridized carbons (Fsp3) is 0.571. The first kappa shape index (κ1) is 15.8.